The Morgan fingerprint density at radius 2 is 2.00 bits per heavy atom. The van der Waals surface area contributed by atoms with Crippen molar-refractivity contribution in [2.45, 2.75) is 38.6 Å². The number of esters is 1. The fourth-order valence-corrected chi connectivity index (χ4v) is 3.86. The van der Waals surface area contributed by atoms with Crippen LogP contribution >= 0.6 is 11.3 Å². The number of amides is 1. The number of ether oxygens (including phenoxy) is 1. The summed E-state index contributed by atoms with van der Waals surface area (Å²) in [4.78, 5) is 28.4. The second-order valence-electron chi connectivity index (χ2n) is 6.42. The second kappa shape index (κ2) is 8.25. The molecule has 1 fully saturated rings. The molecule has 132 valence electrons. The Morgan fingerprint density at radius 3 is 2.76 bits per heavy atom. The minimum Gasteiger partial charge on any atom is -0.451 e. The molecule has 3 rings (SSSR count). The zero-order chi connectivity index (χ0) is 17.6. The molecule has 0 aliphatic heterocycles. The van der Waals surface area contributed by atoms with Gasteiger partial charge >= 0.3 is 5.97 Å². The predicted molar refractivity (Wildman–Crippen MR) is 97.4 cm³/mol. The van der Waals surface area contributed by atoms with Crippen molar-refractivity contribution in [2.24, 2.45) is 5.92 Å². The first-order chi connectivity index (χ1) is 12.1. The van der Waals surface area contributed by atoms with E-state index >= 15 is 0 Å². The Bertz CT molecular complexity index is 729. The maximum Gasteiger partial charge on any atom is 0.358 e. The van der Waals surface area contributed by atoms with Crippen molar-refractivity contribution in [1.29, 1.82) is 0 Å². The lowest BCUT2D eigenvalue weighted by Crippen LogP contribution is -2.42. The van der Waals surface area contributed by atoms with Crippen LogP contribution < -0.4 is 5.32 Å². The van der Waals surface area contributed by atoms with Gasteiger partial charge in [-0.1, -0.05) is 50.1 Å². The maximum atomic E-state index is 12.1. The summed E-state index contributed by atoms with van der Waals surface area (Å²) in [6.07, 6.45) is 4.48. The maximum absolute atomic E-state index is 12.1. The summed E-state index contributed by atoms with van der Waals surface area (Å²) in [6.45, 7) is 1.89. The van der Waals surface area contributed by atoms with Gasteiger partial charge in [-0.15, -0.1) is 11.3 Å². The van der Waals surface area contributed by atoms with Crippen molar-refractivity contribution in [3.63, 3.8) is 0 Å². The van der Waals surface area contributed by atoms with Crippen molar-refractivity contribution in [3.8, 4) is 10.6 Å². The van der Waals surface area contributed by atoms with E-state index in [2.05, 4.69) is 17.2 Å². The van der Waals surface area contributed by atoms with E-state index in [0.717, 1.165) is 29.8 Å². The molecule has 2 aromatic rings. The molecular formula is C19H22N2O3S. The van der Waals surface area contributed by atoms with Crippen LogP contribution in [0, 0.1) is 5.92 Å². The number of rotatable bonds is 5. The lowest BCUT2D eigenvalue weighted by molar-refractivity contribution is -0.125. The molecular weight excluding hydrogens is 336 g/mol. The molecule has 1 saturated carbocycles. The number of carbonyl (C=O) groups excluding carboxylic acids is 2. The topological polar surface area (TPSA) is 68.3 Å². The van der Waals surface area contributed by atoms with Crippen LogP contribution in [0.5, 0.6) is 0 Å². The van der Waals surface area contributed by atoms with E-state index < -0.39 is 5.97 Å². The van der Waals surface area contributed by atoms with E-state index in [1.807, 2.05) is 30.3 Å². The summed E-state index contributed by atoms with van der Waals surface area (Å²) in [5, 5.41) is 5.39. The zero-order valence-corrected chi connectivity index (χ0v) is 15.1. The highest BCUT2D eigenvalue weighted by atomic mass is 32.1. The van der Waals surface area contributed by atoms with Gasteiger partial charge in [-0.2, -0.15) is 0 Å². The Kier molecular flexibility index (Phi) is 5.81. The molecule has 1 aliphatic carbocycles. The lowest BCUT2D eigenvalue weighted by Gasteiger charge is -2.29. The van der Waals surface area contributed by atoms with Gasteiger partial charge in [-0.3, -0.25) is 4.79 Å². The standard InChI is InChI=1S/C19H22N2O3S/c1-13-7-5-6-10-15(13)20-17(22)11-24-19(23)16-12-25-18(21-16)14-8-3-2-4-9-14/h2-4,8-9,12-13,15H,5-7,10-11H2,1H3,(H,20,22)/t13-,15+/m1/s1. The van der Waals surface area contributed by atoms with Gasteiger partial charge in [0.05, 0.1) is 0 Å². The lowest BCUT2D eigenvalue weighted by atomic mass is 9.86. The highest BCUT2D eigenvalue weighted by Crippen LogP contribution is 2.24. The minimum atomic E-state index is -0.565. The van der Waals surface area contributed by atoms with E-state index in [0.29, 0.717) is 5.92 Å². The number of benzene rings is 1. The second-order valence-corrected chi connectivity index (χ2v) is 7.27. The minimum absolute atomic E-state index is 0.184. The van der Waals surface area contributed by atoms with Crippen LogP contribution in [0.4, 0.5) is 0 Å². The molecule has 1 amide bonds. The fourth-order valence-electron chi connectivity index (χ4n) is 3.06. The van der Waals surface area contributed by atoms with Crippen molar-refractivity contribution in [1.82, 2.24) is 10.3 Å². The number of nitrogens with one attached hydrogen (secondary N) is 1. The van der Waals surface area contributed by atoms with Crippen molar-refractivity contribution in [2.75, 3.05) is 6.61 Å². The quantitative estimate of drug-likeness (QED) is 0.828. The molecule has 1 aromatic carbocycles. The third kappa shape index (κ3) is 4.66. The van der Waals surface area contributed by atoms with Crippen molar-refractivity contribution >= 4 is 23.2 Å². The Labute approximate surface area is 151 Å². The summed E-state index contributed by atoms with van der Waals surface area (Å²) in [7, 11) is 0. The fraction of sp³-hybridized carbons (Fsp3) is 0.421. The Balaban J connectivity index is 1.51. The van der Waals surface area contributed by atoms with Crippen LogP contribution in [0.1, 0.15) is 43.1 Å². The average Bonchev–Trinajstić information content (AvgIpc) is 3.13. The van der Waals surface area contributed by atoms with Gasteiger partial charge < -0.3 is 10.1 Å². The molecule has 1 heterocycles. The first-order valence-electron chi connectivity index (χ1n) is 8.61. The smallest absolute Gasteiger partial charge is 0.358 e. The van der Waals surface area contributed by atoms with Crippen LogP contribution in [-0.4, -0.2) is 29.5 Å². The molecule has 0 bridgehead atoms. The molecule has 0 spiro atoms. The summed E-state index contributed by atoms with van der Waals surface area (Å²) in [5.41, 5.74) is 1.19. The predicted octanol–water partition coefficient (Wildman–Crippen LogP) is 3.66. The normalized spacial score (nSPS) is 20.0. The van der Waals surface area contributed by atoms with Crippen LogP contribution in [0.3, 0.4) is 0 Å². The van der Waals surface area contributed by atoms with Gasteiger partial charge in [0.25, 0.3) is 5.91 Å². The SMILES string of the molecule is C[C@@H]1CCCC[C@@H]1NC(=O)COC(=O)c1csc(-c2ccccc2)n1. The average molecular weight is 358 g/mol. The van der Waals surface area contributed by atoms with Gasteiger partial charge in [0.2, 0.25) is 0 Å². The number of hydrogen-bond donors (Lipinski definition) is 1. The molecule has 6 heteroatoms. The van der Waals surface area contributed by atoms with E-state index in [1.165, 1.54) is 17.8 Å². The summed E-state index contributed by atoms with van der Waals surface area (Å²) < 4.78 is 5.11. The Hall–Kier alpha value is -2.21. The number of nitrogens with zero attached hydrogens (tertiary/aromatic N) is 1. The third-order valence-electron chi connectivity index (χ3n) is 4.53. The molecule has 1 N–H and O–H groups in total. The molecule has 1 aromatic heterocycles. The van der Waals surface area contributed by atoms with Gasteiger partial charge in [0, 0.05) is 17.0 Å². The zero-order valence-electron chi connectivity index (χ0n) is 14.2. The van der Waals surface area contributed by atoms with Crippen LogP contribution in [-0.2, 0) is 9.53 Å². The molecule has 5 nitrogen and oxygen atoms in total. The molecule has 0 radical (unpaired) electrons. The number of aromatic nitrogens is 1. The third-order valence-corrected chi connectivity index (χ3v) is 5.42. The van der Waals surface area contributed by atoms with E-state index in [9.17, 15) is 9.59 Å². The van der Waals surface area contributed by atoms with Gasteiger partial charge in [0.1, 0.15) is 5.01 Å². The van der Waals surface area contributed by atoms with Crippen LogP contribution in [0.2, 0.25) is 0 Å². The van der Waals surface area contributed by atoms with E-state index in [1.54, 1.807) is 5.38 Å². The molecule has 0 unspecified atom stereocenters. The number of carbonyl (C=O) groups is 2. The van der Waals surface area contributed by atoms with Gasteiger partial charge in [-0.25, -0.2) is 9.78 Å². The summed E-state index contributed by atoms with van der Waals surface area (Å²) in [5.74, 6) is -0.337. The highest BCUT2D eigenvalue weighted by Gasteiger charge is 2.23. The van der Waals surface area contributed by atoms with E-state index in [-0.39, 0.29) is 24.2 Å². The monoisotopic (exact) mass is 358 g/mol. The van der Waals surface area contributed by atoms with E-state index in [4.69, 9.17) is 4.74 Å². The molecule has 25 heavy (non-hydrogen) atoms. The van der Waals surface area contributed by atoms with Crippen molar-refractivity contribution < 1.29 is 14.3 Å². The van der Waals surface area contributed by atoms with Crippen LogP contribution in [0.15, 0.2) is 35.7 Å². The summed E-state index contributed by atoms with van der Waals surface area (Å²) in [6, 6.07) is 9.83. The molecule has 1 aliphatic rings. The molecule has 0 saturated heterocycles. The number of hydrogen-bond acceptors (Lipinski definition) is 5. The van der Waals surface area contributed by atoms with Gasteiger partial charge in [-0.05, 0) is 18.8 Å². The summed E-state index contributed by atoms with van der Waals surface area (Å²) >= 11 is 1.38. The number of thiazole rings is 1. The Morgan fingerprint density at radius 1 is 1.24 bits per heavy atom. The van der Waals surface area contributed by atoms with Gasteiger partial charge in [0.15, 0.2) is 12.3 Å². The largest absolute Gasteiger partial charge is 0.451 e. The molecule has 2 atom stereocenters. The van der Waals surface area contributed by atoms with Crippen molar-refractivity contribution in [3.05, 3.63) is 41.4 Å². The van der Waals surface area contributed by atoms with Crippen LogP contribution in [0.25, 0.3) is 10.6 Å². The highest BCUT2D eigenvalue weighted by molar-refractivity contribution is 7.13. The first kappa shape index (κ1) is 17.6. The first-order valence-corrected chi connectivity index (χ1v) is 9.49.